The van der Waals surface area contributed by atoms with Crippen molar-refractivity contribution in [2.75, 3.05) is 30.9 Å². The Kier molecular flexibility index (Phi) is 6.45. The number of benzene rings is 2. The molecule has 1 fully saturated rings. The lowest BCUT2D eigenvalue weighted by atomic mass is 10.1. The lowest BCUT2D eigenvalue weighted by molar-refractivity contribution is -0.132. The summed E-state index contributed by atoms with van der Waals surface area (Å²) >= 11 is 0. The molecule has 3 rings (SSSR count). The molecule has 0 bridgehead atoms. The lowest BCUT2D eigenvalue weighted by Crippen LogP contribution is -2.50. The number of hydrogen-bond acceptors (Lipinski definition) is 4. The van der Waals surface area contributed by atoms with Crippen molar-refractivity contribution in [1.29, 1.82) is 0 Å². The van der Waals surface area contributed by atoms with E-state index in [2.05, 4.69) is 4.72 Å². The molecule has 7 nitrogen and oxygen atoms in total. The number of hydrogen-bond donors (Lipinski definition) is 1. The summed E-state index contributed by atoms with van der Waals surface area (Å²) in [6, 6.07) is 11.6. The molecule has 0 aromatic heterocycles. The maximum Gasteiger partial charge on any atom is 0.261 e. The van der Waals surface area contributed by atoms with Crippen molar-refractivity contribution in [3.63, 3.8) is 0 Å². The van der Waals surface area contributed by atoms with Crippen LogP contribution in [-0.4, -0.2) is 56.2 Å². The molecule has 0 aliphatic carbocycles. The molecule has 1 aliphatic heterocycles. The van der Waals surface area contributed by atoms with Gasteiger partial charge in [0.15, 0.2) is 0 Å². The zero-order chi connectivity index (χ0) is 21.9. The van der Waals surface area contributed by atoms with Crippen LogP contribution < -0.4 is 4.72 Å². The zero-order valence-corrected chi connectivity index (χ0v) is 18.3. The van der Waals surface area contributed by atoms with Gasteiger partial charge in [-0.3, -0.25) is 14.3 Å². The number of aryl methyl sites for hydroxylation is 2. The van der Waals surface area contributed by atoms with Crippen molar-refractivity contribution >= 4 is 27.5 Å². The van der Waals surface area contributed by atoms with Crippen LogP contribution in [0.4, 0.5) is 5.69 Å². The number of carbonyl (C=O) groups excluding carboxylic acids is 2. The second-order valence-corrected chi connectivity index (χ2v) is 9.16. The van der Waals surface area contributed by atoms with Crippen LogP contribution in [0.1, 0.15) is 34.8 Å². The SMILES string of the molecule is CCC(=O)N1CCN(C(=O)c2cc(S(=O)(=O)Nc3ccc(C)cc3)ccc2C)CC1. The number of amides is 2. The Hall–Kier alpha value is -2.87. The van der Waals surface area contributed by atoms with Gasteiger partial charge in [0.25, 0.3) is 15.9 Å². The van der Waals surface area contributed by atoms with Gasteiger partial charge in [0.05, 0.1) is 4.90 Å². The standard InChI is InChI=1S/C22H27N3O4S/c1-4-21(26)24-11-13-25(14-12-24)22(27)20-15-19(10-7-17(20)3)30(28,29)23-18-8-5-16(2)6-9-18/h5-10,15,23H,4,11-14H2,1-3H3. The highest BCUT2D eigenvalue weighted by molar-refractivity contribution is 7.92. The molecular formula is C22H27N3O4S. The van der Waals surface area contributed by atoms with Gasteiger partial charge in [-0.15, -0.1) is 0 Å². The fourth-order valence-corrected chi connectivity index (χ4v) is 4.47. The molecule has 8 heteroatoms. The number of anilines is 1. The molecule has 0 saturated carbocycles. The van der Waals surface area contributed by atoms with Gasteiger partial charge < -0.3 is 9.80 Å². The van der Waals surface area contributed by atoms with Crippen LogP contribution in [0.2, 0.25) is 0 Å². The van der Waals surface area contributed by atoms with Crippen LogP contribution in [-0.2, 0) is 14.8 Å². The molecule has 160 valence electrons. The van der Waals surface area contributed by atoms with Crippen LogP contribution >= 0.6 is 0 Å². The minimum absolute atomic E-state index is 0.0387. The van der Waals surface area contributed by atoms with Crippen LogP contribution in [0.15, 0.2) is 47.4 Å². The van der Waals surface area contributed by atoms with E-state index in [-0.39, 0.29) is 16.7 Å². The summed E-state index contributed by atoms with van der Waals surface area (Å²) in [5, 5.41) is 0. The maximum atomic E-state index is 13.0. The summed E-state index contributed by atoms with van der Waals surface area (Å²) in [6.07, 6.45) is 0.445. The monoisotopic (exact) mass is 429 g/mol. The second-order valence-electron chi connectivity index (χ2n) is 7.47. The van der Waals surface area contributed by atoms with E-state index >= 15 is 0 Å². The summed E-state index contributed by atoms with van der Waals surface area (Å²) in [7, 11) is -3.83. The predicted octanol–water partition coefficient (Wildman–Crippen LogP) is 2.80. The third-order valence-corrected chi connectivity index (χ3v) is 6.65. The van der Waals surface area contributed by atoms with Gasteiger partial charge in [-0.25, -0.2) is 8.42 Å². The Morgan fingerprint density at radius 3 is 2.13 bits per heavy atom. The quantitative estimate of drug-likeness (QED) is 0.792. The van der Waals surface area contributed by atoms with E-state index in [1.165, 1.54) is 12.1 Å². The van der Waals surface area contributed by atoms with E-state index in [9.17, 15) is 18.0 Å². The molecule has 0 radical (unpaired) electrons. The summed E-state index contributed by atoms with van der Waals surface area (Å²) < 4.78 is 28.2. The molecule has 30 heavy (non-hydrogen) atoms. The van der Waals surface area contributed by atoms with Gasteiger partial charge >= 0.3 is 0 Å². The van der Waals surface area contributed by atoms with Gasteiger partial charge in [0.1, 0.15) is 0 Å². The van der Waals surface area contributed by atoms with Gasteiger partial charge in [-0.2, -0.15) is 0 Å². The fourth-order valence-electron chi connectivity index (χ4n) is 3.39. The first-order valence-electron chi connectivity index (χ1n) is 9.98. The zero-order valence-electron chi connectivity index (χ0n) is 17.5. The molecule has 0 atom stereocenters. The molecule has 1 aliphatic rings. The third-order valence-electron chi connectivity index (χ3n) is 5.28. The van der Waals surface area contributed by atoms with Crippen LogP contribution in [0.3, 0.4) is 0 Å². The van der Waals surface area contributed by atoms with E-state index in [4.69, 9.17) is 0 Å². The van der Waals surface area contributed by atoms with Crippen molar-refractivity contribution < 1.29 is 18.0 Å². The van der Waals surface area contributed by atoms with Crippen LogP contribution in [0.25, 0.3) is 0 Å². The van der Waals surface area contributed by atoms with Crippen molar-refractivity contribution in [2.45, 2.75) is 32.1 Å². The van der Waals surface area contributed by atoms with Gasteiger partial charge in [-0.1, -0.05) is 30.7 Å². The van der Waals surface area contributed by atoms with E-state index < -0.39 is 10.0 Å². The molecule has 1 N–H and O–H groups in total. The number of carbonyl (C=O) groups is 2. The number of rotatable bonds is 5. The summed E-state index contributed by atoms with van der Waals surface area (Å²) in [5.74, 6) is -0.142. The Labute approximate surface area is 177 Å². The number of sulfonamides is 1. The van der Waals surface area contributed by atoms with Crippen LogP contribution in [0, 0.1) is 13.8 Å². The minimum Gasteiger partial charge on any atom is -0.339 e. The average molecular weight is 430 g/mol. The Morgan fingerprint density at radius 2 is 1.53 bits per heavy atom. The first-order valence-corrected chi connectivity index (χ1v) is 11.5. The van der Waals surface area contributed by atoms with Gasteiger partial charge in [0, 0.05) is 43.9 Å². The number of nitrogens with zero attached hydrogens (tertiary/aromatic N) is 2. The van der Waals surface area contributed by atoms with E-state index in [0.29, 0.717) is 49.4 Å². The normalized spacial score (nSPS) is 14.5. The molecule has 2 aromatic carbocycles. The largest absolute Gasteiger partial charge is 0.339 e. The van der Waals surface area contributed by atoms with Crippen LogP contribution in [0.5, 0.6) is 0 Å². The summed E-state index contributed by atoms with van der Waals surface area (Å²) in [6.45, 7) is 7.38. The van der Waals surface area contributed by atoms with Gasteiger partial charge in [0.2, 0.25) is 5.91 Å². The molecule has 1 saturated heterocycles. The van der Waals surface area contributed by atoms with E-state index in [1.54, 1.807) is 34.9 Å². The first-order chi connectivity index (χ1) is 14.2. The first kappa shape index (κ1) is 21.8. The van der Waals surface area contributed by atoms with E-state index in [0.717, 1.165) is 5.56 Å². The highest BCUT2D eigenvalue weighted by Gasteiger charge is 2.26. The Balaban J connectivity index is 1.78. The van der Waals surface area contributed by atoms with Crippen molar-refractivity contribution in [3.8, 4) is 0 Å². The molecular weight excluding hydrogens is 402 g/mol. The molecule has 0 spiro atoms. The molecule has 1 heterocycles. The maximum absolute atomic E-state index is 13.0. The third kappa shape index (κ3) is 4.81. The summed E-state index contributed by atoms with van der Waals surface area (Å²) in [4.78, 5) is 28.4. The highest BCUT2D eigenvalue weighted by atomic mass is 32.2. The lowest BCUT2D eigenvalue weighted by Gasteiger charge is -2.35. The van der Waals surface area contributed by atoms with Crippen molar-refractivity contribution in [1.82, 2.24) is 9.80 Å². The number of nitrogens with one attached hydrogen (secondary N) is 1. The Bertz CT molecular complexity index is 1040. The average Bonchev–Trinajstić information content (AvgIpc) is 2.74. The Morgan fingerprint density at radius 1 is 0.933 bits per heavy atom. The molecule has 0 unspecified atom stereocenters. The smallest absolute Gasteiger partial charge is 0.261 e. The highest BCUT2D eigenvalue weighted by Crippen LogP contribution is 2.21. The van der Waals surface area contributed by atoms with Crippen molar-refractivity contribution in [3.05, 3.63) is 59.2 Å². The fraction of sp³-hybridized carbons (Fsp3) is 0.364. The van der Waals surface area contributed by atoms with Crippen molar-refractivity contribution in [2.24, 2.45) is 0 Å². The topological polar surface area (TPSA) is 86.8 Å². The molecule has 2 amide bonds. The minimum atomic E-state index is -3.83. The number of piperazine rings is 1. The molecule has 2 aromatic rings. The summed E-state index contributed by atoms with van der Waals surface area (Å²) in [5.41, 5.74) is 2.56. The predicted molar refractivity (Wildman–Crippen MR) is 116 cm³/mol. The van der Waals surface area contributed by atoms with Gasteiger partial charge in [-0.05, 0) is 43.7 Å². The second kappa shape index (κ2) is 8.87. The van der Waals surface area contributed by atoms with E-state index in [1.807, 2.05) is 26.0 Å².